The zero-order valence-electron chi connectivity index (χ0n) is 20.6. The van der Waals surface area contributed by atoms with Gasteiger partial charge in [0, 0.05) is 43.5 Å². The van der Waals surface area contributed by atoms with Gasteiger partial charge in [0.25, 0.3) is 0 Å². The molecule has 1 heterocycles. The van der Waals surface area contributed by atoms with Crippen molar-refractivity contribution >= 4 is 27.5 Å². The lowest BCUT2D eigenvalue weighted by molar-refractivity contribution is -0.134. The lowest BCUT2D eigenvalue weighted by Gasteiger charge is -2.42. The van der Waals surface area contributed by atoms with E-state index in [4.69, 9.17) is 16.3 Å². The topological polar surface area (TPSA) is 66.9 Å². The first-order valence-corrected chi connectivity index (χ1v) is 13.9. The number of nitrogens with zero attached hydrogens (tertiary/aromatic N) is 2. The number of benzene rings is 3. The summed E-state index contributed by atoms with van der Waals surface area (Å²) in [6, 6.07) is 21.6. The van der Waals surface area contributed by atoms with E-state index in [9.17, 15) is 17.6 Å². The molecule has 0 spiro atoms. The number of ether oxygens (including phenoxy) is 1. The van der Waals surface area contributed by atoms with Crippen molar-refractivity contribution in [1.29, 1.82) is 0 Å². The third-order valence-electron chi connectivity index (χ3n) is 6.63. The van der Waals surface area contributed by atoms with E-state index in [1.165, 1.54) is 22.5 Å². The molecule has 0 bridgehead atoms. The molecule has 0 saturated carbocycles. The third-order valence-corrected chi connectivity index (χ3v) is 8.73. The molecule has 1 atom stereocenters. The fourth-order valence-electron chi connectivity index (χ4n) is 4.63. The van der Waals surface area contributed by atoms with Crippen molar-refractivity contribution in [3.8, 4) is 5.75 Å². The molecule has 196 valence electrons. The van der Waals surface area contributed by atoms with E-state index in [2.05, 4.69) is 0 Å². The fraction of sp³-hybridized carbons (Fsp3) is 0.321. The third kappa shape index (κ3) is 6.89. The number of halogens is 2. The highest BCUT2D eigenvalue weighted by atomic mass is 35.5. The van der Waals surface area contributed by atoms with E-state index in [1.54, 1.807) is 36.2 Å². The molecule has 1 aliphatic rings. The first-order chi connectivity index (χ1) is 17.7. The van der Waals surface area contributed by atoms with Crippen LogP contribution in [0.5, 0.6) is 5.75 Å². The van der Waals surface area contributed by atoms with Crippen molar-refractivity contribution in [2.24, 2.45) is 5.41 Å². The van der Waals surface area contributed by atoms with Gasteiger partial charge in [-0.1, -0.05) is 48.0 Å². The molecule has 0 aliphatic carbocycles. The van der Waals surface area contributed by atoms with Gasteiger partial charge in [0.15, 0.2) is 0 Å². The minimum atomic E-state index is -3.95. The molecule has 1 aliphatic heterocycles. The highest BCUT2D eigenvalue weighted by molar-refractivity contribution is 7.89. The Bertz CT molecular complexity index is 1320. The van der Waals surface area contributed by atoms with Gasteiger partial charge < -0.3 is 9.64 Å². The molecule has 3 aromatic rings. The van der Waals surface area contributed by atoms with Gasteiger partial charge in [0.2, 0.25) is 15.9 Å². The van der Waals surface area contributed by atoms with Crippen molar-refractivity contribution in [2.45, 2.75) is 30.7 Å². The van der Waals surface area contributed by atoms with Crippen molar-refractivity contribution in [3.63, 3.8) is 0 Å². The van der Waals surface area contributed by atoms with E-state index in [0.29, 0.717) is 30.2 Å². The largest absolute Gasteiger partial charge is 0.493 e. The maximum Gasteiger partial charge on any atom is 0.243 e. The molecule has 0 unspecified atom stereocenters. The Balaban J connectivity index is 1.57. The van der Waals surface area contributed by atoms with Gasteiger partial charge in [-0.15, -0.1) is 0 Å². The maximum atomic E-state index is 13.8. The molecule has 1 amide bonds. The number of amides is 1. The molecule has 37 heavy (non-hydrogen) atoms. The minimum absolute atomic E-state index is 0.0877. The number of carbonyl (C=O) groups is 1. The molecule has 0 radical (unpaired) electrons. The van der Waals surface area contributed by atoms with Crippen LogP contribution in [0, 0.1) is 11.2 Å². The number of piperidine rings is 1. The predicted molar refractivity (Wildman–Crippen MR) is 141 cm³/mol. The second-order valence-corrected chi connectivity index (χ2v) is 11.9. The van der Waals surface area contributed by atoms with Crippen LogP contribution in [0.1, 0.15) is 24.8 Å². The van der Waals surface area contributed by atoms with Crippen molar-refractivity contribution in [3.05, 3.63) is 95.3 Å². The predicted octanol–water partition coefficient (Wildman–Crippen LogP) is 5.38. The van der Waals surface area contributed by atoms with Crippen molar-refractivity contribution in [1.82, 2.24) is 9.21 Å². The summed E-state index contributed by atoms with van der Waals surface area (Å²) in [5.74, 6) is -0.138. The standard InChI is InChI=1S/C28H30ClFN2O4S/c1-31(19-22-7-3-2-4-8-22)27(33)18-28(21-36-25-13-11-23(29)12-14-25)15-6-16-32(20-28)37(34,35)26-10-5-9-24(30)17-26/h2-5,7-14,17H,6,15-16,18-21H2,1H3/t28-/m1/s1. The molecule has 4 rings (SSSR count). The highest BCUT2D eigenvalue weighted by Gasteiger charge is 2.43. The van der Waals surface area contributed by atoms with Gasteiger partial charge in [-0.25, -0.2) is 12.8 Å². The summed E-state index contributed by atoms with van der Waals surface area (Å²) >= 11 is 5.99. The summed E-state index contributed by atoms with van der Waals surface area (Å²) in [4.78, 5) is 14.9. The summed E-state index contributed by atoms with van der Waals surface area (Å²) in [6.07, 6.45) is 1.27. The molecule has 0 N–H and O–H groups in total. The van der Waals surface area contributed by atoms with Gasteiger partial charge in [-0.2, -0.15) is 4.31 Å². The maximum absolute atomic E-state index is 13.8. The fourth-order valence-corrected chi connectivity index (χ4v) is 6.38. The van der Waals surface area contributed by atoms with Crippen LogP contribution < -0.4 is 4.74 Å². The summed E-state index contributed by atoms with van der Waals surface area (Å²) in [5.41, 5.74) is 0.240. The van der Waals surface area contributed by atoms with Gasteiger partial charge in [-0.3, -0.25) is 4.79 Å². The summed E-state index contributed by atoms with van der Waals surface area (Å²) in [5, 5.41) is 0.574. The molecular weight excluding hydrogens is 515 g/mol. The van der Waals surface area contributed by atoms with E-state index in [0.717, 1.165) is 11.6 Å². The van der Waals surface area contributed by atoms with E-state index < -0.39 is 21.3 Å². The number of sulfonamides is 1. The van der Waals surface area contributed by atoms with Crippen LogP contribution in [0.3, 0.4) is 0 Å². The molecule has 6 nitrogen and oxygen atoms in total. The quantitative estimate of drug-likeness (QED) is 0.363. The average molecular weight is 545 g/mol. The number of hydrogen-bond donors (Lipinski definition) is 0. The SMILES string of the molecule is CN(Cc1ccccc1)C(=O)C[C@]1(COc2ccc(Cl)cc2)CCCN(S(=O)(=O)c2cccc(F)c2)C1. The summed E-state index contributed by atoms with van der Waals surface area (Å²) in [7, 11) is -2.21. The van der Waals surface area contributed by atoms with Crippen molar-refractivity contribution in [2.75, 3.05) is 26.7 Å². The number of rotatable bonds is 9. The highest BCUT2D eigenvalue weighted by Crippen LogP contribution is 2.37. The zero-order chi connectivity index (χ0) is 26.5. The molecule has 1 fully saturated rings. The Hall–Kier alpha value is -2.94. The smallest absolute Gasteiger partial charge is 0.243 e. The lowest BCUT2D eigenvalue weighted by atomic mass is 9.78. The summed E-state index contributed by atoms with van der Waals surface area (Å²) in [6.45, 7) is 0.966. The first kappa shape index (κ1) is 27.1. The van der Waals surface area contributed by atoms with Gasteiger partial charge in [0.1, 0.15) is 11.6 Å². The lowest BCUT2D eigenvalue weighted by Crippen LogP contribution is -2.50. The van der Waals surface area contributed by atoms with E-state index in [-0.39, 0.29) is 36.9 Å². The van der Waals surface area contributed by atoms with Crippen LogP contribution in [0.4, 0.5) is 4.39 Å². The molecular formula is C28H30ClFN2O4S. The number of carbonyl (C=O) groups excluding carboxylic acids is 1. The van der Waals surface area contributed by atoms with Gasteiger partial charge >= 0.3 is 0 Å². The van der Waals surface area contributed by atoms with Crippen molar-refractivity contribution < 1.29 is 22.3 Å². The zero-order valence-corrected chi connectivity index (χ0v) is 22.2. The van der Waals surface area contributed by atoms with Crippen LogP contribution in [-0.2, 0) is 21.4 Å². The molecule has 0 aromatic heterocycles. The normalized spacial score (nSPS) is 18.4. The number of hydrogen-bond acceptors (Lipinski definition) is 4. The Labute approximate surface area is 222 Å². The van der Waals surface area contributed by atoms with Crippen LogP contribution >= 0.6 is 11.6 Å². The second kappa shape index (κ2) is 11.6. The Morgan fingerprint density at radius 3 is 2.51 bits per heavy atom. The molecule has 3 aromatic carbocycles. The van der Waals surface area contributed by atoms with Crippen LogP contribution in [0.25, 0.3) is 0 Å². The second-order valence-electron chi connectivity index (χ2n) is 9.55. The van der Waals surface area contributed by atoms with Crippen LogP contribution in [-0.4, -0.2) is 50.3 Å². The van der Waals surface area contributed by atoms with E-state index >= 15 is 0 Å². The minimum Gasteiger partial charge on any atom is -0.493 e. The molecule has 9 heteroatoms. The average Bonchev–Trinajstić information content (AvgIpc) is 2.89. The molecule has 1 saturated heterocycles. The monoisotopic (exact) mass is 544 g/mol. The van der Waals surface area contributed by atoms with Gasteiger partial charge in [0.05, 0.1) is 11.5 Å². The Morgan fingerprint density at radius 2 is 1.81 bits per heavy atom. The van der Waals surface area contributed by atoms with Gasteiger partial charge in [-0.05, 0) is 60.9 Å². The Morgan fingerprint density at radius 1 is 1.08 bits per heavy atom. The summed E-state index contributed by atoms with van der Waals surface area (Å²) < 4.78 is 48.1. The van der Waals surface area contributed by atoms with Crippen LogP contribution in [0.15, 0.2) is 83.8 Å². The Kier molecular flexibility index (Phi) is 8.52. The van der Waals surface area contributed by atoms with E-state index in [1.807, 2.05) is 30.3 Å². The van der Waals surface area contributed by atoms with Crippen LogP contribution in [0.2, 0.25) is 5.02 Å². The first-order valence-electron chi connectivity index (χ1n) is 12.1.